The Morgan fingerprint density at radius 1 is 1.19 bits per heavy atom. The summed E-state index contributed by atoms with van der Waals surface area (Å²) < 4.78 is 1.86. The zero-order valence-corrected chi connectivity index (χ0v) is 14.8. The molecule has 0 unspecified atom stereocenters. The van der Waals surface area contributed by atoms with E-state index in [-0.39, 0.29) is 11.9 Å². The minimum Gasteiger partial charge on any atom is -0.481 e. The van der Waals surface area contributed by atoms with Gasteiger partial charge in [0.1, 0.15) is 17.2 Å². The predicted octanol–water partition coefficient (Wildman–Crippen LogP) is 3.39. The number of hydrogen-bond acceptors (Lipinski definition) is 4. The van der Waals surface area contributed by atoms with Crippen LogP contribution in [0.15, 0.2) is 41.9 Å². The van der Waals surface area contributed by atoms with Crippen molar-refractivity contribution in [2.75, 3.05) is 18.4 Å². The number of nitrogens with one attached hydrogen (secondary N) is 1. The van der Waals surface area contributed by atoms with E-state index in [0.29, 0.717) is 31.7 Å². The summed E-state index contributed by atoms with van der Waals surface area (Å²) in [6, 6.07) is 9.39. The van der Waals surface area contributed by atoms with Gasteiger partial charge in [-0.1, -0.05) is 12.1 Å². The van der Waals surface area contributed by atoms with Gasteiger partial charge in [0.05, 0.1) is 10.8 Å². The van der Waals surface area contributed by atoms with Crippen LogP contribution in [-0.2, 0) is 4.79 Å². The monoisotopic (exact) mass is 370 g/mol. The van der Waals surface area contributed by atoms with Crippen LogP contribution in [0.4, 0.5) is 10.6 Å². The third-order valence-corrected chi connectivity index (χ3v) is 5.52. The molecule has 0 spiro atoms. The van der Waals surface area contributed by atoms with Crippen LogP contribution in [0.1, 0.15) is 12.8 Å². The molecule has 2 N–H and O–H groups in total. The minimum atomic E-state index is -0.785. The van der Waals surface area contributed by atoms with Crippen molar-refractivity contribution in [2.24, 2.45) is 5.92 Å². The molecule has 8 heteroatoms. The maximum absolute atomic E-state index is 12.7. The molecule has 1 aliphatic heterocycles. The van der Waals surface area contributed by atoms with Gasteiger partial charge in [0, 0.05) is 19.3 Å². The molecule has 0 aromatic carbocycles. The molecule has 4 heterocycles. The number of nitrogens with zero attached hydrogens (tertiary/aromatic N) is 3. The second-order valence-corrected chi connectivity index (χ2v) is 7.19. The van der Waals surface area contributed by atoms with Crippen molar-refractivity contribution in [3.8, 4) is 10.6 Å². The van der Waals surface area contributed by atoms with Crippen LogP contribution in [0.2, 0.25) is 0 Å². The summed E-state index contributed by atoms with van der Waals surface area (Å²) in [5.41, 5.74) is 1.50. The van der Waals surface area contributed by atoms with E-state index in [1.54, 1.807) is 16.2 Å². The molecule has 1 saturated heterocycles. The van der Waals surface area contributed by atoms with Crippen LogP contribution in [0.25, 0.3) is 16.2 Å². The number of thiophene rings is 1. The summed E-state index contributed by atoms with van der Waals surface area (Å²) in [6.07, 6.45) is 2.83. The number of carboxylic acid groups (broad SMARTS) is 1. The predicted molar refractivity (Wildman–Crippen MR) is 99.5 cm³/mol. The first kappa shape index (κ1) is 16.6. The number of aliphatic carboxylic acids is 1. The Morgan fingerprint density at radius 3 is 2.69 bits per heavy atom. The van der Waals surface area contributed by atoms with Crippen molar-refractivity contribution >= 4 is 34.8 Å². The van der Waals surface area contributed by atoms with E-state index < -0.39 is 5.97 Å². The van der Waals surface area contributed by atoms with Gasteiger partial charge in [-0.05, 0) is 36.4 Å². The first-order valence-corrected chi connectivity index (χ1v) is 9.31. The lowest BCUT2D eigenvalue weighted by Crippen LogP contribution is -2.42. The zero-order chi connectivity index (χ0) is 18.1. The smallest absolute Gasteiger partial charge is 0.323 e. The Kier molecular flexibility index (Phi) is 4.34. The first-order chi connectivity index (χ1) is 12.6. The first-order valence-electron chi connectivity index (χ1n) is 8.43. The quantitative estimate of drug-likeness (QED) is 0.740. The number of hydrogen-bond donors (Lipinski definition) is 2. The highest BCUT2D eigenvalue weighted by molar-refractivity contribution is 7.13. The standard InChI is InChI=1S/C18H18N4O3S/c23-17(24)12-6-9-21(10-7-12)18(25)20-16-15(13-4-3-11-26-13)19-14-5-1-2-8-22(14)16/h1-5,8,11-12H,6-7,9-10H2,(H,20,25)(H,23,24). The Hall–Kier alpha value is -2.87. The molecule has 0 saturated carbocycles. The lowest BCUT2D eigenvalue weighted by molar-refractivity contribution is -0.143. The Balaban J connectivity index is 1.60. The number of imidazole rings is 1. The minimum absolute atomic E-state index is 0.225. The van der Waals surface area contributed by atoms with Gasteiger partial charge in [-0.15, -0.1) is 11.3 Å². The molecule has 1 fully saturated rings. The molecule has 3 aromatic heterocycles. The van der Waals surface area contributed by atoms with E-state index in [2.05, 4.69) is 10.3 Å². The molecule has 0 bridgehead atoms. The highest BCUT2D eigenvalue weighted by atomic mass is 32.1. The van der Waals surface area contributed by atoms with Gasteiger partial charge < -0.3 is 10.0 Å². The summed E-state index contributed by atoms with van der Waals surface area (Å²) >= 11 is 1.57. The molecule has 7 nitrogen and oxygen atoms in total. The molecule has 26 heavy (non-hydrogen) atoms. The van der Waals surface area contributed by atoms with Gasteiger partial charge in [0.25, 0.3) is 0 Å². The van der Waals surface area contributed by atoms with Crippen molar-refractivity contribution in [1.82, 2.24) is 14.3 Å². The van der Waals surface area contributed by atoms with E-state index in [1.807, 2.05) is 46.3 Å². The summed E-state index contributed by atoms with van der Waals surface area (Å²) in [5.74, 6) is -0.517. The zero-order valence-electron chi connectivity index (χ0n) is 14.0. The third kappa shape index (κ3) is 3.03. The summed E-state index contributed by atoms with van der Waals surface area (Å²) in [7, 11) is 0. The molecule has 134 valence electrons. The van der Waals surface area contributed by atoms with Crippen molar-refractivity contribution in [3.63, 3.8) is 0 Å². The molecular weight excluding hydrogens is 352 g/mol. The van der Waals surface area contributed by atoms with Gasteiger partial charge in [-0.25, -0.2) is 9.78 Å². The fraction of sp³-hybridized carbons (Fsp3) is 0.278. The second kappa shape index (κ2) is 6.80. The number of amides is 2. The molecular formula is C18H18N4O3S. The van der Waals surface area contributed by atoms with Crippen molar-refractivity contribution in [1.29, 1.82) is 0 Å². The number of pyridine rings is 1. The van der Waals surface area contributed by atoms with E-state index in [0.717, 1.165) is 16.2 Å². The number of likely N-dealkylation sites (tertiary alicyclic amines) is 1. The van der Waals surface area contributed by atoms with Crippen LogP contribution in [0, 0.1) is 5.92 Å². The summed E-state index contributed by atoms with van der Waals surface area (Å²) in [4.78, 5) is 31.1. The third-order valence-electron chi connectivity index (χ3n) is 4.64. The number of carbonyl (C=O) groups excluding carboxylic acids is 1. The van der Waals surface area contributed by atoms with E-state index in [9.17, 15) is 9.59 Å². The summed E-state index contributed by atoms with van der Waals surface area (Å²) in [5, 5.41) is 14.1. The Bertz CT molecular complexity index is 943. The Labute approximate surface area is 153 Å². The van der Waals surface area contributed by atoms with Crippen LogP contribution < -0.4 is 5.32 Å². The maximum atomic E-state index is 12.7. The Morgan fingerprint density at radius 2 is 2.00 bits per heavy atom. The topological polar surface area (TPSA) is 86.9 Å². The van der Waals surface area contributed by atoms with Gasteiger partial charge in [-0.3, -0.25) is 14.5 Å². The number of aromatic nitrogens is 2. The molecule has 3 aromatic rings. The van der Waals surface area contributed by atoms with E-state index in [4.69, 9.17) is 5.11 Å². The second-order valence-electron chi connectivity index (χ2n) is 6.24. The SMILES string of the molecule is O=C(O)C1CCN(C(=O)Nc2c(-c3cccs3)nc3ccccn23)CC1. The van der Waals surface area contributed by atoms with Gasteiger partial charge in [0.2, 0.25) is 0 Å². The number of rotatable bonds is 3. The number of urea groups is 1. The number of fused-ring (bicyclic) bond motifs is 1. The normalized spacial score (nSPS) is 15.3. The van der Waals surface area contributed by atoms with Crippen molar-refractivity contribution in [3.05, 3.63) is 41.9 Å². The van der Waals surface area contributed by atoms with Crippen LogP contribution >= 0.6 is 11.3 Å². The molecule has 2 amide bonds. The molecule has 1 aliphatic rings. The fourth-order valence-corrected chi connectivity index (χ4v) is 3.93. The number of anilines is 1. The van der Waals surface area contributed by atoms with Gasteiger partial charge >= 0.3 is 12.0 Å². The highest BCUT2D eigenvalue weighted by Crippen LogP contribution is 2.32. The number of carbonyl (C=O) groups is 2. The molecule has 0 aliphatic carbocycles. The van der Waals surface area contributed by atoms with Gasteiger partial charge in [0.15, 0.2) is 0 Å². The van der Waals surface area contributed by atoms with E-state index >= 15 is 0 Å². The van der Waals surface area contributed by atoms with Crippen LogP contribution in [0.5, 0.6) is 0 Å². The largest absolute Gasteiger partial charge is 0.481 e. The lowest BCUT2D eigenvalue weighted by atomic mass is 9.97. The molecule has 0 radical (unpaired) electrons. The average molecular weight is 370 g/mol. The highest BCUT2D eigenvalue weighted by Gasteiger charge is 2.28. The van der Waals surface area contributed by atoms with Crippen molar-refractivity contribution < 1.29 is 14.7 Å². The van der Waals surface area contributed by atoms with Crippen LogP contribution in [0.3, 0.4) is 0 Å². The van der Waals surface area contributed by atoms with E-state index in [1.165, 1.54) is 0 Å². The average Bonchev–Trinajstić information content (AvgIpc) is 3.30. The van der Waals surface area contributed by atoms with Gasteiger partial charge in [-0.2, -0.15) is 0 Å². The molecule has 4 rings (SSSR count). The lowest BCUT2D eigenvalue weighted by Gasteiger charge is -2.30. The van der Waals surface area contributed by atoms with Crippen LogP contribution in [-0.4, -0.2) is 44.5 Å². The maximum Gasteiger partial charge on any atom is 0.323 e. The molecule has 0 atom stereocenters. The summed E-state index contributed by atoms with van der Waals surface area (Å²) in [6.45, 7) is 0.877. The van der Waals surface area contributed by atoms with Crippen molar-refractivity contribution in [2.45, 2.75) is 12.8 Å². The fourth-order valence-electron chi connectivity index (χ4n) is 3.21. The number of piperidine rings is 1. The number of carboxylic acids is 1.